The van der Waals surface area contributed by atoms with Crippen LogP contribution in [-0.4, -0.2) is 0 Å². The zero-order valence-corrected chi connectivity index (χ0v) is 35.6. The van der Waals surface area contributed by atoms with Crippen molar-refractivity contribution >= 4 is 77.6 Å². The van der Waals surface area contributed by atoms with Gasteiger partial charge in [0, 0.05) is 34.0 Å². The molecular weight excluding hydrogens is 789 g/mol. The minimum absolute atomic E-state index is 0.800. The van der Waals surface area contributed by atoms with Crippen molar-refractivity contribution in [3.8, 4) is 33.4 Å². The van der Waals surface area contributed by atoms with E-state index in [1.165, 1.54) is 21.9 Å². The third-order valence-corrected chi connectivity index (χ3v) is 12.6. The molecule has 0 saturated carbocycles. The second-order valence-corrected chi connectivity index (χ2v) is 16.5. The van der Waals surface area contributed by atoms with Crippen LogP contribution in [0.1, 0.15) is 0 Å². The largest absolute Gasteiger partial charge is 0.456 e. The summed E-state index contributed by atoms with van der Waals surface area (Å²) >= 11 is 0. The average molecular weight is 831 g/mol. The van der Waals surface area contributed by atoms with Crippen molar-refractivity contribution in [2.45, 2.75) is 0 Å². The molecule has 0 aliphatic carbocycles. The predicted molar refractivity (Wildman–Crippen MR) is 274 cm³/mol. The number of fused-ring (bicyclic) bond motifs is 5. The predicted octanol–water partition coefficient (Wildman–Crippen LogP) is 17.8. The fourth-order valence-corrected chi connectivity index (χ4v) is 9.59. The molecule has 0 spiro atoms. The molecule has 3 nitrogen and oxygen atoms in total. The van der Waals surface area contributed by atoms with Crippen LogP contribution in [0, 0.1) is 0 Å². The molecule has 0 saturated heterocycles. The Hall–Kier alpha value is -8.66. The van der Waals surface area contributed by atoms with E-state index in [9.17, 15) is 0 Å². The van der Waals surface area contributed by atoms with Gasteiger partial charge in [-0.3, -0.25) is 0 Å². The maximum absolute atomic E-state index is 7.10. The van der Waals surface area contributed by atoms with Gasteiger partial charge in [0.15, 0.2) is 0 Å². The van der Waals surface area contributed by atoms with Gasteiger partial charge in [0.2, 0.25) is 0 Å². The summed E-state index contributed by atoms with van der Waals surface area (Å²) in [6.07, 6.45) is 0. The summed E-state index contributed by atoms with van der Waals surface area (Å²) in [5, 5.41) is 6.81. The van der Waals surface area contributed by atoms with Gasteiger partial charge in [-0.15, -0.1) is 0 Å². The Morgan fingerprint density at radius 3 is 1.52 bits per heavy atom. The van der Waals surface area contributed by atoms with Gasteiger partial charge >= 0.3 is 0 Å². The lowest BCUT2D eigenvalue weighted by Crippen LogP contribution is -2.15. The Morgan fingerprint density at radius 1 is 0.262 bits per heavy atom. The minimum Gasteiger partial charge on any atom is -0.456 e. The van der Waals surface area contributed by atoms with Crippen LogP contribution in [0.2, 0.25) is 0 Å². The molecule has 0 atom stereocenters. The maximum Gasteiger partial charge on any atom is 0.139 e. The van der Waals surface area contributed by atoms with Crippen molar-refractivity contribution in [1.82, 2.24) is 0 Å². The quantitative estimate of drug-likeness (QED) is 0.144. The summed E-state index contributed by atoms with van der Waals surface area (Å²) < 4.78 is 7.10. The number of benzene rings is 11. The number of anilines is 6. The van der Waals surface area contributed by atoms with E-state index in [1.807, 2.05) is 0 Å². The number of nitrogens with zero attached hydrogens (tertiary/aromatic N) is 2. The van der Waals surface area contributed by atoms with Crippen LogP contribution < -0.4 is 9.80 Å². The minimum atomic E-state index is 0.800. The molecule has 0 N–H and O–H groups in total. The highest BCUT2D eigenvalue weighted by Crippen LogP contribution is 2.51. The summed E-state index contributed by atoms with van der Waals surface area (Å²) in [4.78, 5) is 4.83. The van der Waals surface area contributed by atoms with E-state index >= 15 is 0 Å². The smallest absolute Gasteiger partial charge is 0.139 e. The molecule has 0 radical (unpaired) electrons. The Labute approximate surface area is 378 Å². The van der Waals surface area contributed by atoms with Crippen molar-refractivity contribution in [2.75, 3.05) is 9.80 Å². The van der Waals surface area contributed by atoms with Gasteiger partial charge < -0.3 is 14.2 Å². The Kier molecular flexibility index (Phi) is 9.50. The molecule has 1 aromatic heterocycles. The molecule has 12 rings (SSSR count). The van der Waals surface area contributed by atoms with Gasteiger partial charge in [-0.05, 0) is 98.4 Å². The molecule has 0 unspecified atom stereocenters. The van der Waals surface area contributed by atoms with Crippen LogP contribution in [0.5, 0.6) is 0 Å². The van der Waals surface area contributed by atoms with Crippen molar-refractivity contribution < 1.29 is 4.42 Å². The van der Waals surface area contributed by atoms with Gasteiger partial charge in [-0.25, -0.2) is 0 Å². The second kappa shape index (κ2) is 16.2. The third kappa shape index (κ3) is 6.87. The molecule has 0 aliphatic rings. The first-order valence-corrected chi connectivity index (χ1v) is 22.2. The topological polar surface area (TPSA) is 19.6 Å². The molecule has 0 amide bonds. The van der Waals surface area contributed by atoms with Crippen molar-refractivity contribution in [3.05, 3.63) is 255 Å². The van der Waals surface area contributed by atoms with Crippen LogP contribution >= 0.6 is 0 Å². The highest BCUT2D eigenvalue weighted by atomic mass is 16.3. The first-order valence-electron chi connectivity index (χ1n) is 22.2. The first kappa shape index (κ1) is 38.0. The second-order valence-electron chi connectivity index (χ2n) is 16.5. The highest BCUT2D eigenvalue weighted by molar-refractivity contribution is 6.18. The van der Waals surface area contributed by atoms with Gasteiger partial charge in [0.25, 0.3) is 0 Å². The fourth-order valence-electron chi connectivity index (χ4n) is 9.59. The maximum atomic E-state index is 7.10. The van der Waals surface area contributed by atoms with Crippen LogP contribution in [0.4, 0.5) is 34.1 Å². The van der Waals surface area contributed by atoms with Gasteiger partial charge in [0.1, 0.15) is 11.2 Å². The summed E-state index contributed by atoms with van der Waals surface area (Å²) in [6.45, 7) is 0. The summed E-state index contributed by atoms with van der Waals surface area (Å²) in [5.74, 6) is 0. The van der Waals surface area contributed by atoms with Crippen LogP contribution in [0.15, 0.2) is 259 Å². The van der Waals surface area contributed by atoms with Crippen LogP contribution in [0.25, 0.3) is 76.9 Å². The molecule has 306 valence electrons. The zero-order valence-electron chi connectivity index (χ0n) is 35.6. The van der Waals surface area contributed by atoms with Crippen LogP contribution in [0.3, 0.4) is 0 Å². The lowest BCUT2D eigenvalue weighted by atomic mass is 9.96. The first-order chi connectivity index (χ1) is 32.2. The normalized spacial score (nSPS) is 11.4. The van der Waals surface area contributed by atoms with Gasteiger partial charge in [0.05, 0.1) is 28.1 Å². The van der Waals surface area contributed by atoms with Gasteiger partial charge in [-0.1, -0.05) is 194 Å². The molecule has 11 aromatic carbocycles. The SMILES string of the molecule is c1ccc(-c2ccc(N(c3ccccc3-c3ccccc3)c3cc(N(c4ccccc4)c4ccccc4-c4cccc5ccccc45)cc4oc5cc6ccccc6cc5c34)cc2)cc1. The summed E-state index contributed by atoms with van der Waals surface area (Å²) in [5.41, 5.74) is 14.7. The average Bonchev–Trinajstić information content (AvgIpc) is 3.74. The molecule has 65 heavy (non-hydrogen) atoms. The molecular formula is C62H42N2O. The molecule has 0 fully saturated rings. The Balaban J connectivity index is 1.18. The zero-order chi connectivity index (χ0) is 43.1. The number of hydrogen-bond acceptors (Lipinski definition) is 3. The van der Waals surface area contributed by atoms with E-state index < -0.39 is 0 Å². The molecule has 0 aliphatic heterocycles. The third-order valence-electron chi connectivity index (χ3n) is 12.6. The fraction of sp³-hybridized carbons (Fsp3) is 0. The van der Waals surface area contributed by atoms with E-state index in [0.717, 1.165) is 89.1 Å². The number of hydrogen-bond donors (Lipinski definition) is 0. The van der Waals surface area contributed by atoms with E-state index in [1.54, 1.807) is 0 Å². The van der Waals surface area contributed by atoms with Crippen molar-refractivity contribution in [1.29, 1.82) is 0 Å². The van der Waals surface area contributed by atoms with Crippen LogP contribution in [-0.2, 0) is 0 Å². The number of rotatable bonds is 9. The monoisotopic (exact) mass is 830 g/mol. The molecule has 0 bridgehead atoms. The Morgan fingerprint density at radius 2 is 0.785 bits per heavy atom. The van der Waals surface area contributed by atoms with Crippen molar-refractivity contribution in [3.63, 3.8) is 0 Å². The van der Waals surface area contributed by atoms with Crippen molar-refractivity contribution in [2.24, 2.45) is 0 Å². The standard InChI is InChI=1S/C62H42N2O/c1-4-19-43(20-5-1)44-35-37-50(38-36-44)64(57-33-16-14-30-53(57)46-21-6-2-7-22-46)59-41-51(42-61-62(59)56-39-47-24-10-11-25-48(47)40-60(56)65-61)63(49-27-8-3-9-28-49)58-34-17-15-31-55(58)54-32-18-26-45-23-12-13-29-52(45)54/h1-42H. The summed E-state index contributed by atoms with van der Waals surface area (Å²) in [7, 11) is 0. The molecule has 3 heteroatoms. The number of para-hydroxylation sites is 3. The molecule has 1 heterocycles. The summed E-state index contributed by atoms with van der Waals surface area (Å²) in [6, 6.07) is 91.4. The van der Waals surface area contributed by atoms with Gasteiger partial charge in [-0.2, -0.15) is 0 Å². The highest BCUT2D eigenvalue weighted by Gasteiger charge is 2.26. The van der Waals surface area contributed by atoms with E-state index in [2.05, 4.69) is 265 Å². The lowest BCUT2D eigenvalue weighted by molar-refractivity contribution is 0.669. The van der Waals surface area contributed by atoms with E-state index in [0.29, 0.717) is 0 Å². The lowest BCUT2D eigenvalue weighted by Gasteiger charge is -2.32. The molecule has 12 aromatic rings. The van der Waals surface area contributed by atoms with E-state index in [4.69, 9.17) is 4.42 Å². The number of furan rings is 1. The Bertz CT molecular complexity index is 3650. The van der Waals surface area contributed by atoms with E-state index in [-0.39, 0.29) is 0 Å².